The average molecular weight is 425 g/mol. The quantitative estimate of drug-likeness (QED) is 0.481. The van der Waals surface area contributed by atoms with E-state index < -0.39 is 0 Å². The fraction of sp³-hybridized carbons (Fsp3) is 0.130. The van der Waals surface area contributed by atoms with Gasteiger partial charge < -0.3 is 10.6 Å². The molecule has 0 aromatic heterocycles. The van der Waals surface area contributed by atoms with Gasteiger partial charge in [-0.1, -0.05) is 35.9 Å². The number of anilines is 2. The van der Waals surface area contributed by atoms with Gasteiger partial charge in [0.25, 0.3) is 5.91 Å². The Hall–Kier alpha value is -2.76. The lowest BCUT2D eigenvalue weighted by Gasteiger charge is -2.09. The third-order valence-electron chi connectivity index (χ3n) is 4.33. The predicted molar refractivity (Wildman–Crippen MR) is 121 cm³/mol. The van der Waals surface area contributed by atoms with Crippen molar-refractivity contribution in [1.29, 1.82) is 0 Å². The number of thioether (sulfide) groups is 1. The van der Waals surface area contributed by atoms with Crippen LogP contribution in [-0.2, 0) is 4.79 Å². The summed E-state index contributed by atoms with van der Waals surface area (Å²) in [5, 5.41) is 6.36. The molecule has 2 amide bonds. The molecule has 0 bridgehead atoms. The zero-order valence-electron chi connectivity index (χ0n) is 16.2. The highest BCUT2D eigenvalue weighted by Gasteiger charge is 2.09. The molecule has 0 atom stereocenters. The van der Waals surface area contributed by atoms with Crippen LogP contribution < -0.4 is 10.6 Å². The van der Waals surface area contributed by atoms with Crippen LogP contribution in [0.5, 0.6) is 0 Å². The maximum absolute atomic E-state index is 12.4. The van der Waals surface area contributed by atoms with Gasteiger partial charge in [0.05, 0.1) is 5.75 Å². The molecule has 2 N–H and O–H groups in total. The van der Waals surface area contributed by atoms with Crippen LogP contribution in [-0.4, -0.2) is 17.6 Å². The Morgan fingerprint density at radius 3 is 2.24 bits per heavy atom. The van der Waals surface area contributed by atoms with Gasteiger partial charge in [0, 0.05) is 26.9 Å². The maximum atomic E-state index is 12.4. The monoisotopic (exact) mass is 424 g/mol. The highest BCUT2D eigenvalue weighted by Crippen LogP contribution is 2.23. The number of halogens is 1. The Kier molecular flexibility index (Phi) is 6.96. The number of hydrogen-bond donors (Lipinski definition) is 2. The van der Waals surface area contributed by atoms with Gasteiger partial charge in [0.2, 0.25) is 5.91 Å². The number of aryl methyl sites for hydroxylation is 2. The summed E-state index contributed by atoms with van der Waals surface area (Å²) < 4.78 is 0. The molecule has 0 saturated carbocycles. The molecule has 0 aliphatic heterocycles. The SMILES string of the molecule is Cc1ccc(NC(=O)CSc2ccc(NC(=O)c3ccccc3C)cc2)cc1Cl. The number of nitrogens with one attached hydrogen (secondary N) is 2. The lowest BCUT2D eigenvalue weighted by molar-refractivity contribution is -0.113. The molecule has 148 valence electrons. The number of carbonyl (C=O) groups excluding carboxylic acids is 2. The Morgan fingerprint density at radius 1 is 0.862 bits per heavy atom. The van der Waals surface area contributed by atoms with Crippen LogP contribution in [0, 0.1) is 13.8 Å². The number of hydrogen-bond acceptors (Lipinski definition) is 3. The Bertz CT molecular complexity index is 1040. The van der Waals surface area contributed by atoms with Gasteiger partial charge in [0.1, 0.15) is 0 Å². The molecule has 0 unspecified atom stereocenters. The van der Waals surface area contributed by atoms with Crippen molar-refractivity contribution in [3.8, 4) is 0 Å². The highest BCUT2D eigenvalue weighted by molar-refractivity contribution is 8.00. The molecule has 3 aromatic rings. The third kappa shape index (κ3) is 5.86. The van der Waals surface area contributed by atoms with Crippen LogP contribution in [0.15, 0.2) is 71.6 Å². The van der Waals surface area contributed by atoms with E-state index >= 15 is 0 Å². The van der Waals surface area contributed by atoms with Crippen LogP contribution in [0.25, 0.3) is 0 Å². The van der Waals surface area contributed by atoms with E-state index in [1.165, 1.54) is 11.8 Å². The zero-order valence-corrected chi connectivity index (χ0v) is 17.7. The molecule has 0 aliphatic rings. The first-order valence-electron chi connectivity index (χ1n) is 9.08. The van der Waals surface area contributed by atoms with Crippen LogP contribution >= 0.6 is 23.4 Å². The summed E-state index contributed by atoms with van der Waals surface area (Å²) in [5.41, 5.74) is 3.94. The summed E-state index contributed by atoms with van der Waals surface area (Å²) in [4.78, 5) is 25.5. The Morgan fingerprint density at radius 2 is 1.55 bits per heavy atom. The fourth-order valence-corrected chi connectivity index (χ4v) is 3.56. The smallest absolute Gasteiger partial charge is 0.255 e. The molecular weight excluding hydrogens is 404 g/mol. The van der Waals surface area contributed by atoms with Crippen molar-refractivity contribution in [2.75, 3.05) is 16.4 Å². The number of rotatable bonds is 6. The lowest BCUT2D eigenvalue weighted by atomic mass is 10.1. The second-order valence-corrected chi connectivity index (χ2v) is 8.05. The molecule has 4 nitrogen and oxygen atoms in total. The van der Waals surface area contributed by atoms with Crippen molar-refractivity contribution in [3.05, 3.63) is 88.4 Å². The van der Waals surface area contributed by atoms with Gasteiger partial charge in [0.15, 0.2) is 0 Å². The van der Waals surface area contributed by atoms with E-state index in [0.717, 1.165) is 16.0 Å². The predicted octanol–water partition coefficient (Wildman–Crippen LogP) is 5.94. The molecule has 0 spiro atoms. The van der Waals surface area contributed by atoms with E-state index in [0.29, 0.717) is 22.0 Å². The van der Waals surface area contributed by atoms with Crippen molar-refractivity contribution >= 4 is 46.6 Å². The highest BCUT2D eigenvalue weighted by atomic mass is 35.5. The van der Waals surface area contributed by atoms with Crippen LogP contribution in [0.4, 0.5) is 11.4 Å². The van der Waals surface area contributed by atoms with E-state index in [1.54, 1.807) is 12.1 Å². The fourth-order valence-electron chi connectivity index (χ4n) is 2.68. The molecule has 3 rings (SSSR count). The summed E-state index contributed by atoms with van der Waals surface area (Å²) >= 11 is 7.51. The molecular formula is C23H21ClN2O2S. The summed E-state index contributed by atoms with van der Waals surface area (Å²) in [6.07, 6.45) is 0. The average Bonchev–Trinajstić information content (AvgIpc) is 2.70. The molecule has 29 heavy (non-hydrogen) atoms. The third-order valence-corrected chi connectivity index (χ3v) is 5.75. The van der Waals surface area contributed by atoms with Gasteiger partial charge in [-0.15, -0.1) is 11.8 Å². The molecule has 0 saturated heterocycles. The molecule has 0 fully saturated rings. The molecule has 0 aliphatic carbocycles. The van der Waals surface area contributed by atoms with E-state index in [4.69, 9.17) is 11.6 Å². The first-order valence-corrected chi connectivity index (χ1v) is 10.4. The van der Waals surface area contributed by atoms with Crippen LogP contribution in [0.2, 0.25) is 5.02 Å². The van der Waals surface area contributed by atoms with Crippen molar-refractivity contribution in [2.24, 2.45) is 0 Å². The molecule has 0 radical (unpaired) electrons. The van der Waals surface area contributed by atoms with Crippen molar-refractivity contribution in [2.45, 2.75) is 18.7 Å². The standard InChI is InChI=1S/C23H21ClN2O2S/c1-15-5-3-4-6-20(15)23(28)26-17-9-11-19(12-10-17)29-14-22(27)25-18-8-7-16(2)21(24)13-18/h3-13H,14H2,1-2H3,(H,25,27)(H,26,28). The van der Waals surface area contributed by atoms with Crippen molar-refractivity contribution in [3.63, 3.8) is 0 Å². The van der Waals surface area contributed by atoms with Crippen LogP contribution in [0.1, 0.15) is 21.5 Å². The normalized spacial score (nSPS) is 10.4. The lowest BCUT2D eigenvalue weighted by Crippen LogP contribution is -2.14. The summed E-state index contributed by atoms with van der Waals surface area (Å²) in [6.45, 7) is 3.82. The minimum Gasteiger partial charge on any atom is -0.325 e. The molecule has 6 heteroatoms. The van der Waals surface area contributed by atoms with Crippen LogP contribution in [0.3, 0.4) is 0 Å². The minimum atomic E-state index is -0.139. The first kappa shape index (κ1) is 21.0. The maximum Gasteiger partial charge on any atom is 0.255 e. The van der Waals surface area contributed by atoms with Crippen molar-refractivity contribution in [1.82, 2.24) is 0 Å². The zero-order chi connectivity index (χ0) is 20.8. The van der Waals surface area contributed by atoms with E-state index in [2.05, 4.69) is 10.6 Å². The largest absolute Gasteiger partial charge is 0.325 e. The topological polar surface area (TPSA) is 58.2 Å². The number of benzene rings is 3. The summed E-state index contributed by atoms with van der Waals surface area (Å²) in [6, 6.07) is 20.3. The van der Waals surface area contributed by atoms with Gasteiger partial charge in [-0.3, -0.25) is 9.59 Å². The first-order chi connectivity index (χ1) is 13.9. The van der Waals surface area contributed by atoms with Gasteiger partial charge in [-0.2, -0.15) is 0 Å². The van der Waals surface area contributed by atoms with E-state index in [-0.39, 0.29) is 17.6 Å². The summed E-state index contributed by atoms with van der Waals surface area (Å²) in [7, 11) is 0. The summed E-state index contributed by atoms with van der Waals surface area (Å²) in [5.74, 6) is 0.0342. The second-order valence-electron chi connectivity index (χ2n) is 6.59. The van der Waals surface area contributed by atoms with Gasteiger partial charge in [-0.25, -0.2) is 0 Å². The number of amides is 2. The van der Waals surface area contributed by atoms with Crippen molar-refractivity contribution < 1.29 is 9.59 Å². The molecule has 3 aromatic carbocycles. The van der Waals surface area contributed by atoms with E-state index in [9.17, 15) is 9.59 Å². The van der Waals surface area contributed by atoms with Gasteiger partial charge in [-0.05, 0) is 67.4 Å². The second kappa shape index (κ2) is 9.63. The number of carbonyl (C=O) groups is 2. The minimum absolute atomic E-state index is 0.105. The van der Waals surface area contributed by atoms with Gasteiger partial charge >= 0.3 is 0 Å². The molecule has 0 heterocycles. The van der Waals surface area contributed by atoms with E-state index in [1.807, 2.05) is 68.4 Å². The Labute approximate surface area is 179 Å². The Balaban J connectivity index is 1.52.